The first kappa shape index (κ1) is 34.1. The fraction of sp³-hybridized carbons (Fsp3) is 0.378. The van der Waals surface area contributed by atoms with Crippen LogP contribution in [0.1, 0.15) is 20.3 Å². The Bertz CT molecular complexity index is 1820. The molecule has 2 fully saturated rings. The van der Waals surface area contributed by atoms with E-state index in [1.807, 2.05) is 13.8 Å². The molecule has 1 saturated carbocycles. The van der Waals surface area contributed by atoms with Crippen molar-refractivity contribution in [2.75, 3.05) is 64.1 Å². The van der Waals surface area contributed by atoms with Gasteiger partial charge in [-0.25, -0.2) is 13.8 Å². The van der Waals surface area contributed by atoms with E-state index in [1.54, 1.807) is 31.4 Å². The number of anilines is 2. The molecule has 6 rings (SSSR count). The second-order valence-corrected chi connectivity index (χ2v) is 12.8. The van der Waals surface area contributed by atoms with Crippen molar-refractivity contribution in [3.63, 3.8) is 0 Å². The molecule has 12 heteroatoms. The maximum atomic E-state index is 15.6. The van der Waals surface area contributed by atoms with Crippen LogP contribution in [-0.4, -0.2) is 80.1 Å². The summed E-state index contributed by atoms with van der Waals surface area (Å²) in [6, 6.07) is 16.3. The van der Waals surface area contributed by atoms with Gasteiger partial charge in [0.25, 0.3) is 0 Å². The maximum absolute atomic E-state index is 15.6. The number of fused-ring (bicyclic) bond motifs is 1. The zero-order chi connectivity index (χ0) is 34.7. The molecule has 0 spiro atoms. The van der Waals surface area contributed by atoms with Crippen molar-refractivity contribution in [1.29, 1.82) is 0 Å². The molecule has 2 aliphatic rings. The Morgan fingerprint density at radius 3 is 2.20 bits per heavy atom. The number of halogens is 2. The number of hydrogen-bond acceptors (Lipinski definition) is 8. The summed E-state index contributed by atoms with van der Waals surface area (Å²) in [6.07, 6.45) is 0.830. The number of likely N-dealkylation sites (N-methyl/N-ethyl adjacent to an activating group) is 1. The van der Waals surface area contributed by atoms with Crippen molar-refractivity contribution in [3.8, 4) is 23.1 Å². The molecule has 258 valence electrons. The Kier molecular flexibility index (Phi) is 9.98. The molecule has 1 aliphatic heterocycles. The maximum Gasteiger partial charge on any atom is 0.240 e. The lowest BCUT2D eigenvalue weighted by Gasteiger charge is -2.32. The van der Waals surface area contributed by atoms with Gasteiger partial charge >= 0.3 is 0 Å². The van der Waals surface area contributed by atoms with E-state index >= 15 is 4.39 Å². The molecular weight excluding hydrogens is 632 g/mol. The Hall–Kier alpha value is -4.81. The van der Waals surface area contributed by atoms with E-state index in [0.717, 1.165) is 45.2 Å². The Labute approximate surface area is 284 Å². The van der Waals surface area contributed by atoms with Crippen molar-refractivity contribution < 1.29 is 32.6 Å². The van der Waals surface area contributed by atoms with E-state index in [0.29, 0.717) is 40.6 Å². The normalized spacial score (nSPS) is 20.9. The average molecular weight is 674 g/mol. The van der Waals surface area contributed by atoms with E-state index < -0.39 is 28.9 Å². The number of carbonyl (C=O) groups excluding carboxylic acids is 2. The van der Waals surface area contributed by atoms with Gasteiger partial charge in [-0.3, -0.25) is 9.59 Å². The van der Waals surface area contributed by atoms with Crippen molar-refractivity contribution in [3.05, 3.63) is 78.4 Å². The molecule has 2 heterocycles. The standard InChI is InChI=1S/C37H41F2N5O5/c1-23-24(2)37(23,35(45)40-26-8-6-25(38)7-9-26)36(46)41-27-10-13-32(30(39)20-27)49-33-22-34(42-31-12-11-28(47-4)21-29(31)33)48-19-5-14-44-17-15-43(3)16-18-44/h6-13,20-24H,5,14-19H2,1-4H3,(H,40,45)(H,41,46)/t23-,24+,37?. The van der Waals surface area contributed by atoms with Crippen LogP contribution < -0.4 is 24.8 Å². The fourth-order valence-electron chi connectivity index (χ4n) is 6.46. The van der Waals surface area contributed by atoms with E-state index in [9.17, 15) is 14.0 Å². The highest BCUT2D eigenvalue weighted by atomic mass is 19.1. The second-order valence-electron chi connectivity index (χ2n) is 12.8. The van der Waals surface area contributed by atoms with Gasteiger partial charge in [-0.05, 0) is 79.9 Å². The van der Waals surface area contributed by atoms with Crippen LogP contribution in [0, 0.1) is 28.9 Å². The number of benzene rings is 3. The summed E-state index contributed by atoms with van der Waals surface area (Å²) in [5.41, 5.74) is -0.234. The fourth-order valence-corrected chi connectivity index (χ4v) is 6.46. The minimum Gasteiger partial charge on any atom is -0.497 e. The van der Waals surface area contributed by atoms with Gasteiger partial charge in [0.2, 0.25) is 17.7 Å². The number of pyridine rings is 1. The van der Waals surface area contributed by atoms with Gasteiger partial charge in [0, 0.05) is 61.6 Å². The number of aromatic nitrogens is 1. The van der Waals surface area contributed by atoms with Crippen LogP contribution >= 0.6 is 0 Å². The van der Waals surface area contributed by atoms with Gasteiger partial charge in [-0.15, -0.1) is 0 Å². The number of piperazine rings is 1. The van der Waals surface area contributed by atoms with Crippen LogP contribution in [0.3, 0.4) is 0 Å². The summed E-state index contributed by atoms with van der Waals surface area (Å²) in [6.45, 7) is 9.18. The molecule has 1 aliphatic carbocycles. The molecule has 3 aromatic carbocycles. The predicted octanol–water partition coefficient (Wildman–Crippen LogP) is 6.18. The number of methoxy groups -OCH3 is 1. The average Bonchev–Trinajstić information content (AvgIpc) is 3.66. The van der Waals surface area contributed by atoms with E-state index in [-0.39, 0.29) is 23.3 Å². The minimum atomic E-state index is -1.37. The van der Waals surface area contributed by atoms with Gasteiger partial charge in [0.05, 0.1) is 19.2 Å². The lowest BCUT2D eigenvalue weighted by atomic mass is 9.99. The quantitative estimate of drug-likeness (QED) is 0.136. The largest absolute Gasteiger partial charge is 0.497 e. The molecule has 0 bridgehead atoms. The van der Waals surface area contributed by atoms with Gasteiger partial charge in [-0.2, -0.15) is 0 Å². The van der Waals surface area contributed by atoms with Gasteiger partial charge in [-0.1, -0.05) is 13.8 Å². The molecule has 4 aromatic rings. The number of rotatable bonds is 12. The summed E-state index contributed by atoms with van der Waals surface area (Å²) in [7, 11) is 3.69. The first-order chi connectivity index (χ1) is 23.6. The summed E-state index contributed by atoms with van der Waals surface area (Å²) in [5.74, 6) is -1.56. The van der Waals surface area contributed by atoms with Crippen LogP contribution in [0.15, 0.2) is 66.7 Å². The molecule has 49 heavy (non-hydrogen) atoms. The first-order valence-electron chi connectivity index (χ1n) is 16.5. The van der Waals surface area contributed by atoms with Crippen molar-refractivity contribution >= 4 is 34.1 Å². The highest BCUT2D eigenvalue weighted by Gasteiger charge is 2.69. The number of nitrogens with one attached hydrogen (secondary N) is 2. The van der Waals surface area contributed by atoms with Gasteiger partial charge in [0.15, 0.2) is 11.6 Å². The van der Waals surface area contributed by atoms with E-state index in [4.69, 9.17) is 14.2 Å². The first-order valence-corrected chi connectivity index (χ1v) is 16.5. The highest BCUT2D eigenvalue weighted by molar-refractivity contribution is 6.17. The Balaban J connectivity index is 1.15. The SMILES string of the molecule is COc1ccc2nc(OCCCN3CCN(C)CC3)cc(Oc3ccc(NC(=O)C4(C(=O)Nc5ccc(F)cc5)[C@H](C)[C@@H]4C)cc3F)c2c1. The van der Waals surface area contributed by atoms with E-state index in [1.165, 1.54) is 36.4 Å². The summed E-state index contributed by atoms with van der Waals surface area (Å²) in [4.78, 5) is 36.2. The van der Waals surface area contributed by atoms with E-state index in [2.05, 4.69) is 32.5 Å². The van der Waals surface area contributed by atoms with Gasteiger partial charge < -0.3 is 34.6 Å². The summed E-state index contributed by atoms with van der Waals surface area (Å²) < 4.78 is 46.4. The molecule has 3 atom stereocenters. The molecule has 1 unspecified atom stereocenters. The van der Waals surface area contributed by atoms with Crippen LogP contribution in [-0.2, 0) is 9.59 Å². The Morgan fingerprint density at radius 2 is 1.55 bits per heavy atom. The third kappa shape index (κ3) is 7.30. The van der Waals surface area contributed by atoms with Crippen molar-refractivity contribution in [2.45, 2.75) is 20.3 Å². The van der Waals surface area contributed by atoms with Crippen LogP contribution in [0.2, 0.25) is 0 Å². The van der Waals surface area contributed by atoms with Crippen molar-refractivity contribution in [1.82, 2.24) is 14.8 Å². The molecule has 2 N–H and O–H groups in total. The highest BCUT2D eigenvalue weighted by Crippen LogP contribution is 2.59. The number of nitrogens with zero attached hydrogens (tertiary/aromatic N) is 3. The second kappa shape index (κ2) is 14.4. The van der Waals surface area contributed by atoms with Crippen LogP contribution in [0.25, 0.3) is 10.9 Å². The smallest absolute Gasteiger partial charge is 0.240 e. The van der Waals surface area contributed by atoms with Crippen LogP contribution in [0.4, 0.5) is 20.2 Å². The zero-order valence-corrected chi connectivity index (χ0v) is 28.1. The third-order valence-electron chi connectivity index (χ3n) is 9.76. The lowest BCUT2D eigenvalue weighted by molar-refractivity contribution is -0.132. The minimum absolute atomic E-state index is 0.0775. The topological polar surface area (TPSA) is 105 Å². The summed E-state index contributed by atoms with van der Waals surface area (Å²) in [5, 5.41) is 6.04. The monoisotopic (exact) mass is 673 g/mol. The van der Waals surface area contributed by atoms with Crippen LogP contribution in [0.5, 0.6) is 23.1 Å². The third-order valence-corrected chi connectivity index (χ3v) is 9.76. The zero-order valence-electron chi connectivity index (χ0n) is 28.1. The molecule has 2 amide bonds. The molecule has 1 aromatic heterocycles. The molecule has 1 saturated heterocycles. The number of hydrogen-bond donors (Lipinski definition) is 2. The molecule has 0 radical (unpaired) electrons. The number of amides is 2. The lowest BCUT2D eigenvalue weighted by Crippen LogP contribution is -2.44. The number of ether oxygens (including phenoxy) is 3. The predicted molar refractivity (Wildman–Crippen MR) is 183 cm³/mol. The van der Waals surface area contributed by atoms with Gasteiger partial charge in [0.1, 0.15) is 22.7 Å². The Morgan fingerprint density at radius 1 is 0.878 bits per heavy atom. The summed E-state index contributed by atoms with van der Waals surface area (Å²) >= 11 is 0. The molecule has 10 nitrogen and oxygen atoms in total. The molecular formula is C37H41F2N5O5. The van der Waals surface area contributed by atoms with Crippen molar-refractivity contribution in [2.24, 2.45) is 17.3 Å². The number of carbonyl (C=O) groups is 2.